The Bertz CT molecular complexity index is 1170. The predicted molar refractivity (Wildman–Crippen MR) is 110 cm³/mol. The van der Waals surface area contributed by atoms with Gasteiger partial charge in [-0.1, -0.05) is 48.5 Å². The zero-order valence-electron chi connectivity index (χ0n) is 16.2. The molecule has 2 aromatic carbocycles. The Morgan fingerprint density at radius 1 is 1.10 bits per heavy atom. The van der Waals surface area contributed by atoms with Gasteiger partial charge in [-0.25, -0.2) is 13.2 Å². The molecule has 9 heteroatoms. The monoisotopic (exact) mass is 427 g/mol. The number of rotatable bonds is 6. The fourth-order valence-electron chi connectivity index (χ4n) is 3.62. The number of nitrogens with one attached hydrogen (secondary N) is 1. The predicted octanol–water partition coefficient (Wildman–Crippen LogP) is 1.94. The smallest absolute Gasteiger partial charge is 0.359 e. The second kappa shape index (κ2) is 8.27. The van der Waals surface area contributed by atoms with Crippen molar-refractivity contribution in [3.8, 4) is 0 Å². The normalized spacial score (nSPS) is 17.7. The highest BCUT2D eigenvalue weighted by Gasteiger charge is 2.35. The van der Waals surface area contributed by atoms with Crippen molar-refractivity contribution < 1.29 is 22.7 Å². The molecule has 1 N–H and O–H groups in total. The molecule has 2 heterocycles. The maximum atomic E-state index is 12.9. The third-order valence-electron chi connectivity index (χ3n) is 5.16. The van der Waals surface area contributed by atoms with Crippen molar-refractivity contribution in [2.45, 2.75) is 19.0 Å². The molecule has 1 amide bonds. The number of benzene rings is 2. The van der Waals surface area contributed by atoms with Crippen LogP contribution < -0.4 is 0 Å². The Kier molecular flexibility index (Phi) is 5.54. The molecule has 1 aliphatic rings. The molecule has 1 aromatic heterocycles. The molecule has 1 atom stereocenters. The fraction of sp³-hybridized carbons (Fsp3) is 0.286. The summed E-state index contributed by atoms with van der Waals surface area (Å²) >= 11 is 0. The Morgan fingerprint density at radius 3 is 2.57 bits per heavy atom. The van der Waals surface area contributed by atoms with E-state index in [1.165, 1.54) is 4.90 Å². The van der Waals surface area contributed by atoms with Gasteiger partial charge in [0.25, 0.3) is 5.91 Å². The van der Waals surface area contributed by atoms with Crippen molar-refractivity contribution in [1.29, 1.82) is 0 Å². The number of ether oxygens (including phenoxy) is 1. The number of hydrogen-bond donors (Lipinski definition) is 1. The second-order valence-electron chi connectivity index (χ2n) is 7.26. The van der Waals surface area contributed by atoms with Crippen molar-refractivity contribution in [3.63, 3.8) is 0 Å². The molecule has 3 aromatic rings. The highest BCUT2D eigenvalue weighted by atomic mass is 32.2. The third kappa shape index (κ3) is 4.35. The maximum Gasteiger partial charge on any atom is 0.359 e. The number of nitrogens with zero attached hydrogens (tertiary/aromatic N) is 2. The molecule has 0 unspecified atom stereocenters. The number of fused-ring (bicyclic) bond motifs is 1. The van der Waals surface area contributed by atoms with Gasteiger partial charge in [0.2, 0.25) is 0 Å². The average Bonchev–Trinajstić information content (AvgIpc) is 3.33. The minimum atomic E-state index is -3.17. The summed E-state index contributed by atoms with van der Waals surface area (Å²) < 4.78 is 29.1. The first-order valence-corrected chi connectivity index (χ1v) is 11.4. The average molecular weight is 427 g/mol. The number of carbonyl (C=O) groups is 2. The quantitative estimate of drug-likeness (QED) is 0.602. The van der Waals surface area contributed by atoms with Crippen LogP contribution in [0, 0.1) is 0 Å². The van der Waals surface area contributed by atoms with Crippen LogP contribution in [-0.2, 0) is 25.9 Å². The van der Waals surface area contributed by atoms with Crippen molar-refractivity contribution >= 4 is 32.6 Å². The maximum absolute atomic E-state index is 12.9. The summed E-state index contributed by atoms with van der Waals surface area (Å²) in [7, 11) is -3.17. The van der Waals surface area contributed by atoms with Crippen LogP contribution in [0.3, 0.4) is 0 Å². The summed E-state index contributed by atoms with van der Waals surface area (Å²) in [4.78, 5) is 26.9. The number of para-hydroxylation sites is 1. The Morgan fingerprint density at radius 2 is 1.83 bits per heavy atom. The molecular formula is C21H21N3O5S. The van der Waals surface area contributed by atoms with E-state index in [0.29, 0.717) is 17.3 Å². The number of esters is 1. The van der Waals surface area contributed by atoms with E-state index < -0.39 is 34.4 Å². The van der Waals surface area contributed by atoms with E-state index in [2.05, 4.69) is 10.2 Å². The van der Waals surface area contributed by atoms with E-state index in [0.717, 1.165) is 5.56 Å². The summed E-state index contributed by atoms with van der Waals surface area (Å²) in [5.74, 6) is -1.17. The van der Waals surface area contributed by atoms with Gasteiger partial charge in [0.1, 0.15) is 0 Å². The molecule has 0 saturated carbocycles. The number of sulfone groups is 1. The van der Waals surface area contributed by atoms with Crippen LogP contribution in [-0.4, -0.2) is 59.5 Å². The summed E-state index contributed by atoms with van der Waals surface area (Å²) in [6.45, 7) is -0.230. The number of carbonyl (C=O) groups excluding carboxylic acids is 2. The molecule has 156 valence electrons. The van der Waals surface area contributed by atoms with E-state index in [-0.39, 0.29) is 23.7 Å². The summed E-state index contributed by atoms with van der Waals surface area (Å²) in [5.41, 5.74) is 1.67. The fourth-order valence-corrected chi connectivity index (χ4v) is 5.35. The van der Waals surface area contributed by atoms with Gasteiger partial charge in [-0.3, -0.25) is 9.89 Å². The van der Waals surface area contributed by atoms with Gasteiger partial charge in [-0.15, -0.1) is 0 Å². The first kappa shape index (κ1) is 20.1. The first-order chi connectivity index (χ1) is 14.4. The number of hydrogen-bond acceptors (Lipinski definition) is 6. The van der Waals surface area contributed by atoms with E-state index in [1.54, 1.807) is 18.2 Å². The lowest BCUT2D eigenvalue weighted by molar-refractivity contribution is -0.137. The van der Waals surface area contributed by atoms with Crippen molar-refractivity contribution in [3.05, 3.63) is 65.9 Å². The topological polar surface area (TPSA) is 109 Å². The molecule has 8 nitrogen and oxygen atoms in total. The van der Waals surface area contributed by atoms with E-state index >= 15 is 0 Å². The van der Waals surface area contributed by atoms with Gasteiger partial charge in [0.15, 0.2) is 22.1 Å². The Balaban J connectivity index is 1.48. The lowest BCUT2D eigenvalue weighted by Crippen LogP contribution is -2.42. The van der Waals surface area contributed by atoms with E-state index in [4.69, 9.17) is 4.74 Å². The van der Waals surface area contributed by atoms with Crippen molar-refractivity contribution in [2.75, 3.05) is 18.1 Å². The zero-order valence-corrected chi connectivity index (χ0v) is 17.0. The van der Waals surface area contributed by atoms with Gasteiger partial charge in [-0.2, -0.15) is 5.10 Å². The number of amides is 1. The molecule has 1 saturated heterocycles. The summed E-state index contributed by atoms with van der Waals surface area (Å²) in [6, 6.07) is 16.0. The van der Waals surface area contributed by atoms with Gasteiger partial charge < -0.3 is 9.64 Å². The summed E-state index contributed by atoms with van der Waals surface area (Å²) in [6.07, 6.45) is 0.374. The van der Waals surface area contributed by atoms with Crippen LogP contribution in [0.25, 0.3) is 10.9 Å². The standard InChI is InChI=1S/C21H21N3O5S/c25-19(13-29-21(26)20-17-8-4-5-9-18(17)22-23-20)24(12-15-6-2-1-3-7-15)16-10-11-30(27,28)14-16/h1-9,16H,10-14H2,(H,22,23)/t16-/m1/s1. The molecule has 30 heavy (non-hydrogen) atoms. The largest absolute Gasteiger partial charge is 0.451 e. The van der Waals surface area contributed by atoms with Crippen LogP contribution in [0.1, 0.15) is 22.5 Å². The van der Waals surface area contributed by atoms with Crippen molar-refractivity contribution in [2.24, 2.45) is 0 Å². The number of aromatic nitrogens is 2. The number of H-pyrrole nitrogens is 1. The van der Waals surface area contributed by atoms with Crippen LogP contribution in [0.2, 0.25) is 0 Å². The molecular weight excluding hydrogens is 406 g/mol. The molecule has 4 rings (SSSR count). The second-order valence-corrected chi connectivity index (χ2v) is 9.49. The molecule has 0 bridgehead atoms. The van der Waals surface area contributed by atoms with E-state index in [1.807, 2.05) is 36.4 Å². The van der Waals surface area contributed by atoms with Gasteiger partial charge >= 0.3 is 5.97 Å². The number of aromatic amines is 1. The van der Waals surface area contributed by atoms with Crippen LogP contribution in [0.5, 0.6) is 0 Å². The van der Waals surface area contributed by atoms with Crippen molar-refractivity contribution in [1.82, 2.24) is 15.1 Å². The molecule has 0 spiro atoms. The SMILES string of the molecule is O=C(OCC(=O)N(Cc1ccccc1)[C@@H]1CCS(=O)(=O)C1)c1n[nH]c2ccccc12. The molecule has 1 aliphatic heterocycles. The lowest BCUT2D eigenvalue weighted by Gasteiger charge is -2.28. The van der Waals surface area contributed by atoms with Crippen LogP contribution in [0.4, 0.5) is 0 Å². The summed E-state index contributed by atoms with van der Waals surface area (Å²) in [5, 5.41) is 7.34. The minimum Gasteiger partial charge on any atom is -0.451 e. The van der Waals surface area contributed by atoms with Gasteiger partial charge in [0.05, 0.1) is 17.0 Å². The Hall–Kier alpha value is -3.20. The molecule has 0 radical (unpaired) electrons. The zero-order chi connectivity index (χ0) is 21.1. The first-order valence-electron chi connectivity index (χ1n) is 9.57. The minimum absolute atomic E-state index is 0.0509. The Labute approximate surface area is 173 Å². The molecule has 1 fully saturated rings. The van der Waals surface area contributed by atoms with E-state index in [9.17, 15) is 18.0 Å². The molecule has 0 aliphatic carbocycles. The van der Waals surface area contributed by atoms with Gasteiger partial charge in [-0.05, 0) is 18.1 Å². The lowest BCUT2D eigenvalue weighted by atomic mass is 10.1. The van der Waals surface area contributed by atoms with Crippen LogP contribution >= 0.6 is 0 Å². The highest BCUT2D eigenvalue weighted by molar-refractivity contribution is 7.91. The third-order valence-corrected chi connectivity index (χ3v) is 6.91. The highest BCUT2D eigenvalue weighted by Crippen LogP contribution is 2.21. The van der Waals surface area contributed by atoms with Crippen LogP contribution in [0.15, 0.2) is 54.6 Å². The van der Waals surface area contributed by atoms with Gasteiger partial charge in [0, 0.05) is 18.0 Å².